The molecule has 0 aliphatic rings. The van der Waals surface area contributed by atoms with Gasteiger partial charge in [-0.25, -0.2) is 9.18 Å². The summed E-state index contributed by atoms with van der Waals surface area (Å²) in [4.78, 5) is 12.3. The van der Waals surface area contributed by atoms with Crippen molar-refractivity contribution in [1.82, 2.24) is 9.13 Å². The Balaban J connectivity index is 2.16. The van der Waals surface area contributed by atoms with Crippen molar-refractivity contribution >= 4 is 27.0 Å². The molecule has 0 aliphatic carbocycles. The van der Waals surface area contributed by atoms with Crippen molar-refractivity contribution in [2.45, 2.75) is 6.54 Å². The van der Waals surface area contributed by atoms with Crippen LogP contribution in [0.4, 0.5) is 4.39 Å². The highest BCUT2D eigenvalue weighted by atomic mass is 79.9. The molecular formula is C15H12BrFN2O. The second-order valence-electron chi connectivity index (χ2n) is 4.65. The van der Waals surface area contributed by atoms with Crippen LogP contribution in [0.5, 0.6) is 0 Å². The summed E-state index contributed by atoms with van der Waals surface area (Å²) in [6.07, 6.45) is 0. The minimum atomic E-state index is -0.300. The molecule has 0 unspecified atom stereocenters. The maximum absolute atomic E-state index is 13.1. The molecule has 0 aliphatic heterocycles. The maximum Gasteiger partial charge on any atom is 0.329 e. The van der Waals surface area contributed by atoms with Crippen molar-refractivity contribution < 1.29 is 4.39 Å². The first-order valence-corrected chi connectivity index (χ1v) is 6.95. The number of fused-ring (bicyclic) bond motifs is 1. The minimum Gasteiger partial charge on any atom is -0.295 e. The Morgan fingerprint density at radius 1 is 1.15 bits per heavy atom. The van der Waals surface area contributed by atoms with E-state index in [0.29, 0.717) is 11.0 Å². The number of halogens is 2. The Kier molecular flexibility index (Phi) is 3.22. The first kappa shape index (κ1) is 13.1. The molecule has 0 saturated carbocycles. The number of para-hydroxylation sites is 2. The molecule has 1 aromatic heterocycles. The molecule has 3 aromatic rings. The number of hydrogen-bond donors (Lipinski definition) is 0. The van der Waals surface area contributed by atoms with Gasteiger partial charge in [-0.1, -0.05) is 34.1 Å². The van der Waals surface area contributed by atoms with Gasteiger partial charge < -0.3 is 0 Å². The van der Waals surface area contributed by atoms with Crippen LogP contribution in [-0.2, 0) is 13.6 Å². The van der Waals surface area contributed by atoms with Gasteiger partial charge in [0.05, 0.1) is 17.6 Å². The number of aromatic nitrogens is 2. The number of rotatable bonds is 2. The van der Waals surface area contributed by atoms with Crippen LogP contribution >= 0.6 is 15.9 Å². The van der Waals surface area contributed by atoms with Crippen LogP contribution in [0.1, 0.15) is 5.56 Å². The van der Waals surface area contributed by atoms with Gasteiger partial charge >= 0.3 is 5.69 Å². The summed E-state index contributed by atoms with van der Waals surface area (Å²) in [6.45, 7) is 0.404. The Labute approximate surface area is 123 Å². The molecular weight excluding hydrogens is 323 g/mol. The summed E-state index contributed by atoms with van der Waals surface area (Å²) in [5, 5.41) is 0. The highest BCUT2D eigenvalue weighted by Crippen LogP contribution is 2.20. The van der Waals surface area contributed by atoms with Crippen LogP contribution in [0.2, 0.25) is 0 Å². The van der Waals surface area contributed by atoms with Crippen LogP contribution in [0, 0.1) is 5.82 Å². The van der Waals surface area contributed by atoms with Gasteiger partial charge in [-0.2, -0.15) is 0 Å². The van der Waals surface area contributed by atoms with E-state index in [2.05, 4.69) is 15.9 Å². The topological polar surface area (TPSA) is 26.9 Å². The molecule has 0 N–H and O–H groups in total. The van der Waals surface area contributed by atoms with Gasteiger partial charge in [-0.15, -0.1) is 0 Å². The SMILES string of the molecule is Cn1c(=O)n(Cc2ccc(F)cc2Br)c2ccccc21. The van der Waals surface area contributed by atoms with Crippen molar-refractivity contribution in [3.05, 3.63) is 68.8 Å². The molecule has 3 nitrogen and oxygen atoms in total. The largest absolute Gasteiger partial charge is 0.329 e. The van der Waals surface area contributed by atoms with Gasteiger partial charge in [-0.05, 0) is 29.8 Å². The van der Waals surface area contributed by atoms with Gasteiger partial charge in [0.25, 0.3) is 0 Å². The van der Waals surface area contributed by atoms with Crippen molar-refractivity contribution in [1.29, 1.82) is 0 Å². The predicted molar refractivity (Wildman–Crippen MR) is 80.4 cm³/mol. The average Bonchev–Trinajstić information content (AvgIpc) is 2.67. The second-order valence-corrected chi connectivity index (χ2v) is 5.51. The fourth-order valence-corrected chi connectivity index (χ4v) is 2.81. The van der Waals surface area contributed by atoms with Crippen LogP contribution in [-0.4, -0.2) is 9.13 Å². The first-order valence-electron chi connectivity index (χ1n) is 6.16. The summed E-state index contributed by atoms with van der Waals surface area (Å²) in [5.74, 6) is -0.300. The molecule has 5 heteroatoms. The van der Waals surface area contributed by atoms with Crippen LogP contribution in [0.25, 0.3) is 11.0 Å². The van der Waals surface area contributed by atoms with Crippen LogP contribution in [0.3, 0.4) is 0 Å². The number of benzene rings is 2. The van der Waals surface area contributed by atoms with E-state index < -0.39 is 0 Å². The van der Waals surface area contributed by atoms with E-state index in [-0.39, 0.29) is 11.5 Å². The summed E-state index contributed by atoms with van der Waals surface area (Å²) in [6, 6.07) is 12.1. The number of imidazole rings is 1. The van der Waals surface area contributed by atoms with Crippen molar-refractivity contribution in [2.24, 2.45) is 7.05 Å². The zero-order chi connectivity index (χ0) is 14.3. The van der Waals surface area contributed by atoms with Gasteiger partial charge in [0, 0.05) is 11.5 Å². The molecule has 102 valence electrons. The second kappa shape index (κ2) is 4.90. The number of aryl methyl sites for hydroxylation is 1. The Morgan fingerprint density at radius 2 is 1.85 bits per heavy atom. The molecule has 2 aromatic carbocycles. The summed E-state index contributed by atoms with van der Waals surface area (Å²) in [7, 11) is 1.75. The fourth-order valence-electron chi connectivity index (χ4n) is 2.34. The van der Waals surface area contributed by atoms with Gasteiger partial charge in [-0.3, -0.25) is 9.13 Å². The van der Waals surface area contributed by atoms with Crippen molar-refractivity contribution in [2.75, 3.05) is 0 Å². The molecule has 1 heterocycles. The third-order valence-corrected chi connectivity index (χ3v) is 4.13. The molecule has 20 heavy (non-hydrogen) atoms. The van der Waals surface area contributed by atoms with E-state index in [1.165, 1.54) is 12.1 Å². The van der Waals surface area contributed by atoms with E-state index >= 15 is 0 Å². The van der Waals surface area contributed by atoms with Crippen LogP contribution < -0.4 is 5.69 Å². The highest BCUT2D eigenvalue weighted by molar-refractivity contribution is 9.10. The third-order valence-electron chi connectivity index (χ3n) is 3.40. The van der Waals surface area contributed by atoms with E-state index in [1.54, 1.807) is 22.2 Å². The van der Waals surface area contributed by atoms with E-state index in [0.717, 1.165) is 16.6 Å². The molecule has 0 fully saturated rings. The normalized spacial score (nSPS) is 11.2. The Morgan fingerprint density at radius 3 is 2.55 bits per heavy atom. The molecule has 0 atom stereocenters. The van der Waals surface area contributed by atoms with Gasteiger partial charge in [0.1, 0.15) is 5.82 Å². The first-order chi connectivity index (χ1) is 9.58. The van der Waals surface area contributed by atoms with Crippen molar-refractivity contribution in [3.8, 4) is 0 Å². The lowest BCUT2D eigenvalue weighted by Gasteiger charge is -2.06. The molecule has 0 saturated heterocycles. The lowest BCUT2D eigenvalue weighted by molar-refractivity contribution is 0.625. The monoisotopic (exact) mass is 334 g/mol. The van der Waals surface area contributed by atoms with Gasteiger partial charge in [0.15, 0.2) is 0 Å². The van der Waals surface area contributed by atoms with E-state index in [4.69, 9.17) is 0 Å². The lowest BCUT2D eigenvalue weighted by atomic mass is 10.2. The smallest absolute Gasteiger partial charge is 0.295 e. The molecule has 0 amide bonds. The highest BCUT2D eigenvalue weighted by Gasteiger charge is 2.11. The average molecular weight is 335 g/mol. The molecule has 0 radical (unpaired) electrons. The Hall–Kier alpha value is -1.88. The lowest BCUT2D eigenvalue weighted by Crippen LogP contribution is -2.22. The zero-order valence-corrected chi connectivity index (χ0v) is 12.4. The summed E-state index contributed by atoms with van der Waals surface area (Å²) in [5.41, 5.74) is 2.54. The minimum absolute atomic E-state index is 0.0811. The molecule has 0 bridgehead atoms. The maximum atomic E-state index is 13.1. The predicted octanol–water partition coefficient (Wildman–Crippen LogP) is 3.29. The third kappa shape index (κ3) is 2.08. The summed E-state index contributed by atoms with van der Waals surface area (Å²) >= 11 is 3.34. The van der Waals surface area contributed by atoms with Gasteiger partial charge in [0.2, 0.25) is 0 Å². The van der Waals surface area contributed by atoms with E-state index in [9.17, 15) is 9.18 Å². The quantitative estimate of drug-likeness (QED) is 0.706. The molecule has 3 rings (SSSR count). The van der Waals surface area contributed by atoms with Crippen LogP contribution in [0.15, 0.2) is 51.7 Å². The number of hydrogen-bond acceptors (Lipinski definition) is 1. The van der Waals surface area contributed by atoms with Crippen molar-refractivity contribution in [3.63, 3.8) is 0 Å². The summed E-state index contributed by atoms with van der Waals surface area (Å²) < 4.78 is 17.1. The molecule has 0 spiro atoms. The Bertz CT molecular complexity index is 851. The standard InChI is InChI=1S/C15H12BrFN2O/c1-18-13-4-2-3-5-14(13)19(15(18)20)9-10-6-7-11(17)8-12(10)16/h2-8H,9H2,1H3. The van der Waals surface area contributed by atoms with E-state index in [1.807, 2.05) is 24.3 Å². The fraction of sp³-hybridized carbons (Fsp3) is 0.133. The zero-order valence-electron chi connectivity index (χ0n) is 10.8. The number of nitrogens with zero attached hydrogens (tertiary/aromatic N) is 2.